The number of anilines is 1. The van der Waals surface area contributed by atoms with Gasteiger partial charge in [0.1, 0.15) is 0 Å². The maximum absolute atomic E-state index is 11.5. The first-order chi connectivity index (χ1) is 9.40. The van der Waals surface area contributed by atoms with Crippen LogP contribution in [0.4, 0.5) is 10.7 Å². The van der Waals surface area contributed by atoms with Crippen LogP contribution in [0.15, 0.2) is 6.07 Å². The third-order valence-corrected chi connectivity index (χ3v) is 4.81. The molecule has 0 aliphatic carbocycles. The van der Waals surface area contributed by atoms with Crippen LogP contribution in [-0.2, 0) is 0 Å². The average molecular weight is 297 g/mol. The molecular formula is C13H19N3O3S. The number of thiophene rings is 1. The van der Waals surface area contributed by atoms with Crippen molar-refractivity contribution in [1.82, 2.24) is 4.90 Å². The quantitative estimate of drug-likeness (QED) is 0.487. The molecule has 0 N–H and O–H groups in total. The Morgan fingerprint density at radius 1 is 1.50 bits per heavy atom. The van der Waals surface area contributed by atoms with Crippen molar-refractivity contribution in [3.05, 3.63) is 21.1 Å². The average Bonchev–Trinajstić information content (AvgIpc) is 2.72. The fraction of sp³-hybridized carbons (Fsp3) is 0.615. The first-order valence-electron chi connectivity index (χ1n) is 6.64. The van der Waals surface area contributed by atoms with E-state index in [-0.39, 0.29) is 22.4 Å². The molecule has 0 bridgehead atoms. The van der Waals surface area contributed by atoms with Gasteiger partial charge in [0.05, 0.1) is 9.80 Å². The maximum atomic E-state index is 11.5. The summed E-state index contributed by atoms with van der Waals surface area (Å²) in [7, 11) is 2.06. The van der Waals surface area contributed by atoms with Crippen LogP contribution >= 0.6 is 11.3 Å². The van der Waals surface area contributed by atoms with Crippen LogP contribution in [0.3, 0.4) is 0 Å². The molecule has 7 heteroatoms. The molecule has 1 saturated heterocycles. The number of nitrogens with zero attached hydrogens (tertiary/aromatic N) is 3. The van der Waals surface area contributed by atoms with Crippen LogP contribution in [-0.4, -0.2) is 48.3 Å². The molecule has 110 valence electrons. The van der Waals surface area contributed by atoms with Gasteiger partial charge in [0.15, 0.2) is 10.8 Å². The zero-order valence-corrected chi connectivity index (χ0v) is 12.8. The molecule has 0 saturated carbocycles. The van der Waals surface area contributed by atoms with Gasteiger partial charge in [-0.05, 0) is 33.9 Å². The van der Waals surface area contributed by atoms with Gasteiger partial charge in [0.2, 0.25) is 0 Å². The Morgan fingerprint density at radius 3 is 2.80 bits per heavy atom. The zero-order valence-electron chi connectivity index (χ0n) is 12.0. The van der Waals surface area contributed by atoms with E-state index < -0.39 is 0 Å². The monoisotopic (exact) mass is 297 g/mol. The highest BCUT2D eigenvalue weighted by atomic mass is 32.1. The van der Waals surface area contributed by atoms with Crippen LogP contribution < -0.4 is 4.90 Å². The van der Waals surface area contributed by atoms with Crippen molar-refractivity contribution >= 4 is 27.8 Å². The van der Waals surface area contributed by atoms with Gasteiger partial charge in [-0.2, -0.15) is 0 Å². The van der Waals surface area contributed by atoms with E-state index in [0.717, 1.165) is 26.1 Å². The fourth-order valence-corrected chi connectivity index (χ4v) is 3.70. The number of carbonyl (C=O) groups is 1. The second kappa shape index (κ2) is 5.88. The molecule has 2 rings (SSSR count). The van der Waals surface area contributed by atoms with E-state index in [0.29, 0.717) is 9.88 Å². The number of ketones is 1. The second-order valence-electron chi connectivity index (χ2n) is 5.27. The van der Waals surface area contributed by atoms with Gasteiger partial charge in [0.25, 0.3) is 0 Å². The minimum Gasteiger partial charge on any atom is -0.354 e. The summed E-state index contributed by atoms with van der Waals surface area (Å²) in [4.78, 5) is 27.1. The van der Waals surface area contributed by atoms with Crippen molar-refractivity contribution < 1.29 is 9.72 Å². The van der Waals surface area contributed by atoms with E-state index in [1.54, 1.807) is 0 Å². The molecule has 1 fully saturated rings. The summed E-state index contributed by atoms with van der Waals surface area (Å²) in [6.07, 6.45) is 0.964. The van der Waals surface area contributed by atoms with E-state index in [1.807, 2.05) is 0 Å². The number of rotatable bonds is 3. The summed E-state index contributed by atoms with van der Waals surface area (Å²) in [6, 6.07) is 1.60. The lowest BCUT2D eigenvalue weighted by atomic mass is 10.2. The van der Waals surface area contributed by atoms with E-state index in [4.69, 9.17) is 0 Å². The van der Waals surface area contributed by atoms with Crippen molar-refractivity contribution in [3.63, 3.8) is 0 Å². The van der Waals surface area contributed by atoms with E-state index >= 15 is 0 Å². The number of likely N-dealkylation sites (N-methyl/N-ethyl adjacent to an activating group) is 1. The normalized spacial score (nSPS) is 20.8. The second-order valence-corrected chi connectivity index (χ2v) is 6.30. The van der Waals surface area contributed by atoms with Gasteiger partial charge < -0.3 is 9.80 Å². The summed E-state index contributed by atoms with van der Waals surface area (Å²) in [5, 5.41) is 11.8. The highest BCUT2D eigenvalue weighted by Gasteiger charge is 2.29. The fourth-order valence-electron chi connectivity index (χ4n) is 2.56. The lowest BCUT2D eigenvalue weighted by molar-refractivity contribution is -0.383. The van der Waals surface area contributed by atoms with Gasteiger partial charge in [-0.1, -0.05) is 0 Å². The number of carbonyl (C=O) groups excluding carboxylic acids is 1. The van der Waals surface area contributed by atoms with Gasteiger partial charge in [-0.3, -0.25) is 14.9 Å². The van der Waals surface area contributed by atoms with Gasteiger partial charge >= 0.3 is 5.69 Å². The number of hydrogen-bond donors (Lipinski definition) is 0. The van der Waals surface area contributed by atoms with Gasteiger partial charge in [-0.25, -0.2) is 0 Å². The number of hydrogen-bond acceptors (Lipinski definition) is 6. The molecule has 0 aromatic carbocycles. The minimum absolute atomic E-state index is 0.0524. The molecule has 1 atom stereocenters. The first-order valence-corrected chi connectivity index (χ1v) is 7.46. The molecule has 0 radical (unpaired) electrons. The third kappa shape index (κ3) is 2.99. The topological polar surface area (TPSA) is 66.7 Å². The predicted molar refractivity (Wildman–Crippen MR) is 79.9 cm³/mol. The predicted octanol–water partition coefficient (Wildman–Crippen LogP) is 2.39. The summed E-state index contributed by atoms with van der Waals surface area (Å²) < 4.78 is 0. The summed E-state index contributed by atoms with van der Waals surface area (Å²) >= 11 is 1.23. The smallest absolute Gasteiger partial charge is 0.304 e. The standard InChI is InChI=1S/C13H19N3O3S/c1-9-8-14(3)5-4-6-15(9)13-11(16(18)19)7-12(20-13)10(2)17/h7,9H,4-6,8H2,1-3H3. The van der Waals surface area contributed by atoms with Crippen LogP contribution in [0.2, 0.25) is 0 Å². The molecule has 2 heterocycles. The molecule has 0 spiro atoms. The Hall–Kier alpha value is -1.47. The lowest BCUT2D eigenvalue weighted by Gasteiger charge is -2.28. The summed E-state index contributed by atoms with van der Waals surface area (Å²) in [6.45, 7) is 6.14. The molecule has 1 aromatic heterocycles. The zero-order chi connectivity index (χ0) is 14.9. The Labute approximate surface area is 122 Å². The third-order valence-electron chi connectivity index (χ3n) is 3.54. The van der Waals surface area contributed by atoms with Crippen LogP contribution in [0.5, 0.6) is 0 Å². The molecule has 0 amide bonds. The highest BCUT2D eigenvalue weighted by molar-refractivity contribution is 7.18. The molecule has 1 aromatic rings. The Bertz CT molecular complexity index is 529. The molecule has 6 nitrogen and oxygen atoms in total. The van der Waals surface area contributed by atoms with E-state index in [2.05, 4.69) is 23.8 Å². The Balaban J connectivity index is 2.39. The van der Waals surface area contributed by atoms with Crippen molar-refractivity contribution in [3.8, 4) is 0 Å². The number of nitro groups is 1. The lowest BCUT2D eigenvalue weighted by Crippen LogP contribution is -2.37. The van der Waals surface area contributed by atoms with Crippen molar-refractivity contribution in [2.75, 3.05) is 31.6 Å². The first kappa shape index (κ1) is 14.9. The van der Waals surface area contributed by atoms with E-state index in [1.165, 1.54) is 24.3 Å². The summed E-state index contributed by atoms with van der Waals surface area (Å²) in [5.74, 6) is -0.121. The van der Waals surface area contributed by atoms with Crippen molar-refractivity contribution in [2.45, 2.75) is 26.3 Å². The van der Waals surface area contributed by atoms with Crippen LogP contribution in [0, 0.1) is 10.1 Å². The molecule has 1 aliphatic rings. The van der Waals surface area contributed by atoms with Crippen LogP contribution in [0.1, 0.15) is 29.9 Å². The molecule has 20 heavy (non-hydrogen) atoms. The van der Waals surface area contributed by atoms with Crippen LogP contribution in [0.25, 0.3) is 0 Å². The Morgan fingerprint density at radius 2 is 2.20 bits per heavy atom. The largest absolute Gasteiger partial charge is 0.354 e. The Kier molecular flexibility index (Phi) is 4.39. The maximum Gasteiger partial charge on any atom is 0.304 e. The summed E-state index contributed by atoms with van der Waals surface area (Å²) in [5.41, 5.74) is 0.0524. The van der Waals surface area contributed by atoms with E-state index in [9.17, 15) is 14.9 Å². The van der Waals surface area contributed by atoms with Gasteiger partial charge in [0, 0.05) is 25.2 Å². The SMILES string of the molecule is CC(=O)c1cc([N+](=O)[O-])c(N2CCCN(C)CC2C)s1. The molecule has 1 aliphatic heterocycles. The highest BCUT2D eigenvalue weighted by Crippen LogP contribution is 2.39. The minimum atomic E-state index is -0.389. The molecule has 1 unspecified atom stereocenters. The van der Waals surface area contributed by atoms with Gasteiger partial charge in [-0.15, -0.1) is 11.3 Å². The van der Waals surface area contributed by atoms with Crippen molar-refractivity contribution in [1.29, 1.82) is 0 Å². The molecular weight excluding hydrogens is 278 g/mol. The van der Waals surface area contributed by atoms with Crippen molar-refractivity contribution in [2.24, 2.45) is 0 Å². The number of Topliss-reactive ketones (excluding diaryl/α,β-unsaturated/α-hetero) is 1.